The second-order valence-electron chi connectivity index (χ2n) is 5.38. The Hall–Kier alpha value is -1.55. The van der Waals surface area contributed by atoms with Gasteiger partial charge in [0.15, 0.2) is 0 Å². The third-order valence-electron chi connectivity index (χ3n) is 4.34. The van der Waals surface area contributed by atoms with Crippen LogP contribution in [0.25, 0.3) is 11.0 Å². The van der Waals surface area contributed by atoms with E-state index < -0.39 is 0 Å². The Labute approximate surface area is 113 Å². The number of nitrogens with one attached hydrogen (secondary N) is 2. The molecule has 2 N–H and O–H groups in total. The second kappa shape index (κ2) is 4.85. The first kappa shape index (κ1) is 12.5. The summed E-state index contributed by atoms with van der Waals surface area (Å²) in [5, 5.41) is 3.51. The highest BCUT2D eigenvalue weighted by molar-refractivity contribution is 5.77. The van der Waals surface area contributed by atoms with Crippen molar-refractivity contribution in [2.24, 2.45) is 0 Å². The van der Waals surface area contributed by atoms with Crippen LogP contribution in [0.2, 0.25) is 0 Å². The lowest BCUT2D eigenvalue weighted by Gasteiger charge is -2.35. The first-order valence-corrected chi connectivity index (χ1v) is 7.02. The maximum atomic E-state index is 5.27. The number of ether oxygens (including phenoxy) is 1. The van der Waals surface area contributed by atoms with E-state index in [1.165, 1.54) is 12.8 Å². The topological polar surface area (TPSA) is 49.9 Å². The molecule has 1 unspecified atom stereocenters. The van der Waals surface area contributed by atoms with Crippen molar-refractivity contribution in [3.05, 3.63) is 24.0 Å². The van der Waals surface area contributed by atoms with Crippen molar-refractivity contribution in [3.63, 3.8) is 0 Å². The van der Waals surface area contributed by atoms with E-state index in [0.717, 1.165) is 42.1 Å². The molecule has 2 heterocycles. The summed E-state index contributed by atoms with van der Waals surface area (Å²) in [5.74, 6) is 1.99. The van der Waals surface area contributed by atoms with Gasteiger partial charge in [-0.15, -0.1) is 0 Å². The second-order valence-corrected chi connectivity index (χ2v) is 5.38. The Morgan fingerprint density at radius 2 is 2.32 bits per heavy atom. The van der Waals surface area contributed by atoms with Gasteiger partial charge < -0.3 is 15.0 Å². The Morgan fingerprint density at radius 3 is 3.00 bits per heavy atom. The van der Waals surface area contributed by atoms with E-state index in [0.29, 0.717) is 0 Å². The van der Waals surface area contributed by atoms with Crippen molar-refractivity contribution < 1.29 is 4.74 Å². The zero-order chi connectivity index (χ0) is 13.3. The van der Waals surface area contributed by atoms with Crippen LogP contribution >= 0.6 is 0 Å². The fraction of sp³-hybridized carbons (Fsp3) is 0.533. The molecule has 0 saturated carbocycles. The average Bonchev–Trinajstić information content (AvgIpc) is 2.91. The fourth-order valence-corrected chi connectivity index (χ4v) is 3.01. The molecular weight excluding hydrogens is 238 g/mol. The van der Waals surface area contributed by atoms with Crippen molar-refractivity contribution in [3.8, 4) is 5.75 Å². The van der Waals surface area contributed by atoms with Crippen LogP contribution in [-0.2, 0) is 5.41 Å². The summed E-state index contributed by atoms with van der Waals surface area (Å²) in [6.45, 7) is 4.39. The van der Waals surface area contributed by atoms with E-state index in [-0.39, 0.29) is 5.41 Å². The lowest BCUT2D eigenvalue weighted by molar-refractivity contribution is 0.290. The normalized spacial score (nSPS) is 23.7. The van der Waals surface area contributed by atoms with E-state index in [1.54, 1.807) is 7.11 Å². The van der Waals surface area contributed by atoms with Crippen molar-refractivity contribution >= 4 is 11.0 Å². The highest BCUT2D eigenvalue weighted by atomic mass is 16.5. The molecule has 1 aromatic heterocycles. The van der Waals surface area contributed by atoms with Crippen LogP contribution in [0.15, 0.2) is 18.2 Å². The molecule has 1 fully saturated rings. The monoisotopic (exact) mass is 259 g/mol. The molecule has 1 aliphatic rings. The van der Waals surface area contributed by atoms with Crippen molar-refractivity contribution in [2.75, 3.05) is 20.2 Å². The molecule has 2 aromatic rings. The maximum Gasteiger partial charge on any atom is 0.121 e. The van der Waals surface area contributed by atoms with Crippen LogP contribution in [0.3, 0.4) is 0 Å². The van der Waals surface area contributed by atoms with Crippen molar-refractivity contribution in [2.45, 2.75) is 31.6 Å². The Morgan fingerprint density at radius 1 is 1.42 bits per heavy atom. The van der Waals surface area contributed by atoms with Gasteiger partial charge in [-0.05, 0) is 37.9 Å². The zero-order valence-corrected chi connectivity index (χ0v) is 11.6. The predicted octanol–water partition coefficient (Wildman–Crippen LogP) is 2.60. The van der Waals surface area contributed by atoms with Crippen LogP contribution in [0.4, 0.5) is 0 Å². The van der Waals surface area contributed by atoms with Gasteiger partial charge in [-0.25, -0.2) is 4.98 Å². The third-order valence-corrected chi connectivity index (χ3v) is 4.34. The lowest BCUT2D eigenvalue weighted by Crippen LogP contribution is -2.43. The highest BCUT2D eigenvalue weighted by Gasteiger charge is 2.35. The van der Waals surface area contributed by atoms with Crippen LogP contribution < -0.4 is 10.1 Å². The van der Waals surface area contributed by atoms with Gasteiger partial charge in [0.25, 0.3) is 0 Å². The standard InChI is InChI=1S/C15H21N3O/c1-3-15(7-4-8-16-10-15)14-17-12-6-5-11(19-2)9-13(12)18-14/h5-6,9,16H,3-4,7-8,10H2,1-2H3,(H,17,18). The number of rotatable bonds is 3. The van der Waals surface area contributed by atoms with Crippen LogP contribution in [0.1, 0.15) is 32.0 Å². The number of hydrogen-bond donors (Lipinski definition) is 2. The van der Waals surface area contributed by atoms with Gasteiger partial charge in [-0.2, -0.15) is 0 Å². The molecule has 4 heteroatoms. The van der Waals surface area contributed by atoms with Crippen molar-refractivity contribution in [1.82, 2.24) is 15.3 Å². The van der Waals surface area contributed by atoms with E-state index in [1.807, 2.05) is 18.2 Å². The maximum absolute atomic E-state index is 5.27. The molecule has 0 radical (unpaired) electrons. The molecule has 0 spiro atoms. The Bertz CT molecular complexity index is 570. The van der Waals surface area contributed by atoms with E-state index >= 15 is 0 Å². The first-order chi connectivity index (χ1) is 9.27. The molecule has 0 amide bonds. The lowest BCUT2D eigenvalue weighted by atomic mass is 9.77. The number of aromatic amines is 1. The molecule has 1 saturated heterocycles. The number of hydrogen-bond acceptors (Lipinski definition) is 3. The number of nitrogens with zero attached hydrogens (tertiary/aromatic N) is 1. The van der Waals surface area contributed by atoms with Crippen molar-refractivity contribution in [1.29, 1.82) is 0 Å². The number of piperidine rings is 1. The van der Waals surface area contributed by atoms with E-state index in [4.69, 9.17) is 9.72 Å². The largest absolute Gasteiger partial charge is 0.497 e. The summed E-state index contributed by atoms with van der Waals surface area (Å²) < 4.78 is 5.27. The summed E-state index contributed by atoms with van der Waals surface area (Å²) in [5.41, 5.74) is 2.24. The average molecular weight is 259 g/mol. The number of benzene rings is 1. The molecule has 4 nitrogen and oxygen atoms in total. The molecule has 1 aromatic carbocycles. The molecule has 3 rings (SSSR count). The highest BCUT2D eigenvalue weighted by Crippen LogP contribution is 2.34. The van der Waals surface area contributed by atoms with Crippen LogP contribution in [0, 0.1) is 0 Å². The number of imidazole rings is 1. The minimum atomic E-state index is 0.157. The minimum Gasteiger partial charge on any atom is -0.497 e. The van der Waals surface area contributed by atoms with E-state index in [9.17, 15) is 0 Å². The van der Waals surface area contributed by atoms with Gasteiger partial charge in [0.1, 0.15) is 11.6 Å². The molecule has 19 heavy (non-hydrogen) atoms. The first-order valence-electron chi connectivity index (χ1n) is 7.02. The SMILES string of the molecule is CCC1(c2nc3ccc(OC)cc3[nH]2)CCCNC1. The van der Waals surface area contributed by atoms with E-state index in [2.05, 4.69) is 17.2 Å². The van der Waals surface area contributed by atoms with Gasteiger partial charge in [0.2, 0.25) is 0 Å². The third kappa shape index (κ3) is 2.10. The Kier molecular flexibility index (Phi) is 3.19. The molecule has 0 aliphatic carbocycles. The summed E-state index contributed by atoms with van der Waals surface area (Å²) in [4.78, 5) is 8.30. The summed E-state index contributed by atoms with van der Waals surface area (Å²) in [6, 6.07) is 6.00. The smallest absolute Gasteiger partial charge is 0.121 e. The molecule has 1 aliphatic heterocycles. The Balaban J connectivity index is 2.03. The quantitative estimate of drug-likeness (QED) is 0.890. The number of aromatic nitrogens is 2. The summed E-state index contributed by atoms with van der Waals surface area (Å²) in [6.07, 6.45) is 3.53. The molecule has 0 bridgehead atoms. The molecule has 102 valence electrons. The number of fused-ring (bicyclic) bond motifs is 1. The van der Waals surface area contributed by atoms with Crippen LogP contribution in [0.5, 0.6) is 5.75 Å². The summed E-state index contributed by atoms with van der Waals surface area (Å²) >= 11 is 0. The zero-order valence-electron chi connectivity index (χ0n) is 11.6. The van der Waals surface area contributed by atoms with Gasteiger partial charge in [0, 0.05) is 18.0 Å². The number of H-pyrrole nitrogens is 1. The minimum absolute atomic E-state index is 0.157. The number of methoxy groups -OCH3 is 1. The summed E-state index contributed by atoms with van der Waals surface area (Å²) in [7, 11) is 1.69. The predicted molar refractivity (Wildman–Crippen MR) is 76.7 cm³/mol. The van der Waals surface area contributed by atoms with Gasteiger partial charge in [-0.1, -0.05) is 6.92 Å². The van der Waals surface area contributed by atoms with Gasteiger partial charge >= 0.3 is 0 Å². The molecular formula is C15H21N3O. The van der Waals surface area contributed by atoms with Gasteiger partial charge in [-0.3, -0.25) is 0 Å². The fourth-order valence-electron chi connectivity index (χ4n) is 3.01. The van der Waals surface area contributed by atoms with Crippen LogP contribution in [-0.4, -0.2) is 30.2 Å². The molecule has 1 atom stereocenters. The van der Waals surface area contributed by atoms with Gasteiger partial charge in [0.05, 0.1) is 18.1 Å².